The molecule has 0 aromatic heterocycles. The Hall–Kier alpha value is -1.81. The summed E-state index contributed by atoms with van der Waals surface area (Å²) in [4.78, 5) is 17.9. The fourth-order valence-corrected chi connectivity index (χ4v) is 6.08. The molecule has 3 saturated heterocycles. The van der Waals surface area contributed by atoms with Crippen LogP contribution in [0.5, 0.6) is 0 Å². The molecule has 3 heterocycles. The molecule has 1 aromatic carbocycles. The standard InChI is InChI=1S/C23H31N3O/c27-23(24-15-17-7-2-1-3-8-17)26-12-6-9-18-13-19-14-20(22(18)26)16-25-11-5-4-10-21(19)25/h1-3,7-8,13,19-22H,4-6,9-12,14-16H2,(H,24,27)/t19-,20-,21+,22+/m0/s1. The number of carbonyl (C=O) groups excluding carboxylic acids is 1. The highest BCUT2D eigenvalue weighted by atomic mass is 16.2. The average molecular weight is 366 g/mol. The first-order valence-corrected chi connectivity index (χ1v) is 10.8. The zero-order valence-electron chi connectivity index (χ0n) is 16.1. The van der Waals surface area contributed by atoms with Gasteiger partial charge in [0, 0.05) is 25.7 Å². The van der Waals surface area contributed by atoms with Gasteiger partial charge < -0.3 is 10.2 Å². The number of likely N-dealkylation sites (tertiary alicyclic amines) is 1. The highest BCUT2D eigenvalue weighted by Crippen LogP contribution is 2.44. The Bertz CT molecular complexity index is 716. The number of benzene rings is 1. The van der Waals surface area contributed by atoms with Crippen LogP contribution in [0.25, 0.3) is 0 Å². The SMILES string of the molecule is O=C(NCc1ccccc1)N1CCCC2=C[C@H]3C[C@@H](CN4CCCC[C@H]34)[C@@H]21. The van der Waals surface area contributed by atoms with Crippen molar-refractivity contribution in [2.45, 2.75) is 57.2 Å². The molecule has 0 unspecified atom stereocenters. The smallest absolute Gasteiger partial charge is 0.318 e. The van der Waals surface area contributed by atoms with E-state index in [2.05, 4.69) is 33.3 Å². The van der Waals surface area contributed by atoms with Gasteiger partial charge in [-0.1, -0.05) is 48.4 Å². The lowest BCUT2D eigenvalue weighted by atomic mass is 9.68. The highest BCUT2D eigenvalue weighted by Gasteiger charge is 2.46. The predicted molar refractivity (Wildman–Crippen MR) is 107 cm³/mol. The maximum absolute atomic E-state index is 13.0. The van der Waals surface area contributed by atoms with E-state index in [4.69, 9.17) is 0 Å². The van der Waals surface area contributed by atoms with Crippen molar-refractivity contribution in [3.8, 4) is 0 Å². The monoisotopic (exact) mass is 365 g/mol. The van der Waals surface area contributed by atoms with E-state index >= 15 is 0 Å². The first kappa shape index (κ1) is 17.3. The first-order valence-electron chi connectivity index (χ1n) is 10.8. The summed E-state index contributed by atoms with van der Waals surface area (Å²) < 4.78 is 0. The predicted octanol–water partition coefficient (Wildman–Crippen LogP) is 3.79. The molecule has 27 heavy (non-hydrogen) atoms. The fourth-order valence-electron chi connectivity index (χ4n) is 6.08. The summed E-state index contributed by atoms with van der Waals surface area (Å²) >= 11 is 0. The van der Waals surface area contributed by atoms with Crippen molar-refractivity contribution in [3.63, 3.8) is 0 Å². The van der Waals surface area contributed by atoms with Gasteiger partial charge in [-0.25, -0.2) is 4.79 Å². The summed E-state index contributed by atoms with van der Waals surface area (Å²) in [6, 6.07) is 11.4. The van der Waals surface area contributed by atoms with E-state index in [-0.39, 0.29) is 6.03 Å². The van der Waals surface area contributed by atoms with E-state index in [1.165, 1.54) is 45.2 Å². The second-order valence-corrected chi connectivity index (χ2v) is 8.85. The van der Waals surface area contributed by atoms with Crippen LogP contribution in [0.2, 0.25) is 0 Å². The highest BCUT2D eigenvalue weighted by molar-refractivity contribution is 5.75. The molecular formula is C23H31N3O. The van der Waals surface area contributed by atoms with Crippen LogP contribution in [0, 0.1) is 11.8 Å². The Morgan fingerprint density at radius 2 is 2.00 bits per heavy atom. The lowest BCUT2D eigenvalue weighted by Gasteiger charge is -2.54. The quantitative estimate of drug-likeness (QED) is 0.810. The van der Waals surface area contributed by atoms with Crippen LogP contribution in [-0.4, -0.2) is 47.5 Å². The second kappa shape index (κ2) is 7.31. The topological polar surface area (TPSA) is 35.6 Å². The number of urea groups is 1. The van der Waals surface area contributed by atoms with Gasteiger partial charge in [0.25, 0.3) is 0 Å². The minimum absolute atomic E-state index is 0.119. The van der Waals surface area contributed by atoms with Crippen LogP contribution in [0.3, 0.4) is 0 Å². The largest absolute Gasteiger partial charge is 0.334 e. The maximum atomic E-state index is 13.0. The van der Waals surface area contributed by atoms with E-state index in [1.807, 2.05) is 18.2 Å². The molecule has 1 aliphatic carbocycles. The van der Waals surface area contributed by atoms with Gasteiger partial charge in [-0.2, -0.15) is 0 Å². The van der Waals surface area contributed by atoms with Gasteiger partial charge in [0.2, 0.25) is 0 Å². The van der Waals surface area contributed by atoms with Gasteiger partial charge in [0.05, 0.1) is 6.04 Å². The molecule has 144 valence electrons. The zero-order valence-corrected chi connectivity index (χ0v) is 16.1. The van der Waals surface area contributed by atoms with E-state index < -0.39 is 0 Å². The lowest BCUT2D eigenvalue weighted by molar-refractivity contribution is 0.00788. The summed E-state index contributed by atoms with van der Waals surface area (Å²) in [6.45, 7) is 3.95. The van der Waals surface area contributed by atoms with Crippen molar-refractivity contribution in [1.29, 1.82) is 0 Å². The number of piperidine rings is 3. The molecule has 4 heteroatoms. The Morgan fingerprint density at radius 3 is 2.89 bits per heavy atom. The number of hydrogen-bond acceptors (Lipinski definition) is 2. The van der Waals surface area contributed by atoms with Crippen molar-refractivity contribution in [1.82, 2.24) is 15.1 Å². The molecule has 3 aliphatic heterocycles. The molecule has 5 rings (SSSR count). The molecule has 3 fully saturated rings. The van der Waals surface area contributed by atoms with Gasteiger partial charge in [0.15, 0.2) is 0 Å². The van der Waals surface area contributed by atoms with E-state index in [9.17, 15) is 4.79 Å². The third-order valence-electron chi connectivity index (χ3n) is 7.20. The van der Waals surface area contributed by atoms with Crippen molar-refractivity contribution >= 4 is 6.03 Å². The number of fused-ring (bicyclic) bond motifs is 6. The number of nitrogens with one attached hydrogen (secondary N) is 1. The molecule has 4 nitrogen and oxygen atoms in total. The molecule has 1 aromatic rings. The zero-order chi connectivity index (χ0) is 18.2. The molecule has 2 amide bonds. The Morgan fingerprint density at radius 1 is 1.11 bits per heavy atom. The van der Waals surface area contributed by atoms with Gasteiger partial charge >= 0.3 is 6.03 Å². The van der Waals surface area contributed by atoms with Crippen LogP contribution in [-0.2, 0) is 6.54 Å². The summed E-state index contributed by atoms with van der Waals surface area (Å²) in [6.07, 6.45) is 10.3. The van der Waals surface area contributed by atoms with Crippen LogP contribution in [0.4, 0.5) is 4.79 Å². The minimum Gasteiger partial charge on any atom is -0.334 e. The van der Waals surface area contributed by atoms with E-state index in [1.54, 1.807) is 5.57 Å². The summed E-state index contributed by atoms with van der Waals surface area (Å²) in [5.41, 5.74) is 2.72. The van der Waals surface area contributed by atoms with Crippen molar-refractivity contribution < 1.29 is 4.79 Å². The van der Waals surface area contributed by atoms with Gasteiger partial charge in [-0.15, -0.1) is 0 Å². The van der Waals surface area contributed by atoms with Crippen molar-refractivity contribution in [2.75, 3.05) is 19.6 Å². The fraction of sp³-hybridized carbons (Fsp3) is 0.609. The summed E-state index contributed by atoms with van der Waals surface area (Å²) in [5.74, 6) is 1.34. The number of rotatable bonds is 2. The maximum Gasteiger partial charge on any atom is 0.318 e. The summed E-state index contributed by atoms with van der Waals surface area (Å²) in [7, 11) is 0. The van der Waals surface area contributed by atoms with E-state index in [0.717, 1.165) is 30.5 Å². The number of hydrogen-bond donors (Lipinski definition) is 1. The minimum atomic E-state index is 0.119. The van der Waals surface area contributed by atoms with Gasteiger partial charge in [0.1, 0.15) is 0 Å². The van der Waals surface area contributed by atoms with Gasteiger partial charge in [-0.05, 0) is 56.0 Å². The Balaban J connectivity index is 1.33. The van der Waals surface area contributed by atoms with Crippen molar-refractivity contribution in [2.24, 2.45) is 11.8 Å². The van der Waals surface area contributed by atoms with Crippen LogP contribution in [0.1, 0.15) is 44.1 Å². The molecular weight excluding hydrogens is 334 g/mol. The molecule has 4 aliphatic rings. The number of amides is 2. The van der Waals surface area contributed by atoms with Crippen LogP contribution in [0.15, 0.2) is 42.0 Å². The lowest BCUT2D eigenvalue weighted by Crippen LogP contribution is -2.61. The average Bonchev–Trinajstić information content (AvgIpc) is 2.72. The molecule has 1 N–H and O–H groups in total. The molecule has 0 radical (unpaired) electrons. The third-order valence-corrected chi connectivity index (χ3v) is 7.20. The Kier molecular flexibility index (Phi) is 4.68. The van der Waals surface area contributed by atoms with Gasteiger partial charge in [-0.3, -0.25) is 4.90 Å². The van der Waals surface area contributed by atoms with Crippen LogP contribution >= 0.6 is 0 Å². The second-order valence-electron chi connectivity index (χ2n) is 8.85. The molecule has 4 atom stereocenters. The Labute approximate surface area is 162 Å². The first-order chi connectivity index (χ1) is 13.3. The third kappa shape index (κ3) is 3.29. The van der Waals surface area contributed by atoms with Crippen LogP contribution < -0.4 is 5.32 Å². The number of carbonyl (C=O) groups is 1. The summed E-state index contributed by atoms with van der Waals surface area (Å²) in [5, 5.41) is 3.18. The van der Waals surface area contributed by atoms with Crippen molar-refractivity contribution in [3.05, 3.63) is 47.5 Å². The molecule has 0 saturated carbocycles. The number of nitrogens with zero attached hydrogens (tertiary/aromatic N) is 2. The molecule has 2 bridgehead atoms. The van der Waals surface area contributed by atoms with E-state index in [0.29, 0.717) is 18.5 Å². The molecule has 0 spiro atoms. The normalized spacial score (nSPS) is 32.9.